The molecule has 184 valence electrons. The number of anilines is 1. The molecule has 9 nitrogen and oxygen atoms in total. The molecule has 2 unspecified atom stereocenters. The molecule has 1 saturated heterocycles. The largest absolute Gasteiger partial charge is 0.496 e. The fourth-order valence-electron chi connectivity index (χ4n) is 4.01. The van der Waals surface area contributed by atoms with E-state index in [2.05, 4.69) is 10.2 Å². The number of para-hydroxylation sites is 1. The molecule has 1 fully saturated rings. The summed E-state index contributed by atoms with van der Waals surface area (Å²) in [4.78, 5) is 26.2. The first-order valence-corrected chi connectivity index (χ1v) is 11.5. The minimum Gasteiger partial charge on any atom is -0.496 e. The van der Waals surface area contributed by atoms with Gasteiger partial charge in [-0.1, -0.05) is 29.8 Å². The van der Waals surface area contributed by atoms with Gasteiger partial charge in [-0.25, -0.2) is 4.79 Å². The van der Waals surface area contributed by atoms with Crippen molar-refractivity contribution in [2.24, 2.45) is 11.7 Å². The molecule has 3 rings (SSSR count). The molecule has 2 aromatic carbocycles. The highest BCUT2D eigenvalue weighted by Gasteiger charge is 2.32. The lowest BCUT2D eigenvalue weighted by molar-refractivity contribution is -0.0728. The second kappa shape index (κ2) is 11.8. The van der Waals surface area contributed by atoms with Gasteiger partial charge in [0.25, 0.3) is 5.91 Å². The van der Waals surface area contributed by atoms with Crippen LogP contribution in [0.3, 0.4) is 0 Å². The Hall–Kier alpha value is -3.17. The van der Waals surface area contributed by atoms with Gasteiger partial charge >= 0.3 is 6.09 Å². The molecule has 34 heavy (non-hydrogen) atoms. The van der Waals surface area contributed by atoms with Crippen LogP contribution >= 0.6 is 11.6 Å². The van der Waals surface area contributed by atoms with E-state index in [0.29, 0.717) is 47.4 Å². The predicted octanol–water partition coefficient (Wildman–Crippen LogP) is 3.26. The first kappa shape index (κ1) is 25.5. The van der Waals surface area contributed by atoms with Crippen LogP contribution in [0.2, 0.25) is 5.02 Å². The van der Waals surface area contributed by atoms with Crippen molar-refractivity contribution >= 4 is 29.3 Å². The number of halogens is 1. The minimum atomic E-state index is -0.843. The van der Waals surface area contributed by atoms with Gasteiger partial charge in [-0.3, -0.25) is 9.69 Å². The van der Waals surface area contributed by atoms with Crippen molar-refractivity contribution in [2.45, 2.75) is 32.1 Å². The number of nitrogens with zero attached hydrogens (tertiary/aromatic N) is 1. The number of hydrogen-bond donors (Lipinski definition) is 3. The number of primary amides is 1. The maximum atomic E-state index is 12.7. The Labute approximate surface area is 204 Å². The van der Waals surface area contributed by atoms with E-state index in [1.165, 1.54) is 19.2 Å². The molecular formula is C24H31ClN4O5. The first-order chi connectivity index (χ1) is 16.3. The standard InChI is InChI=1S/C24H31ClN4O5/c1-15(33-24(27)31)23(34-17-6-4-3-5-7-17)29-10-8-16(9-11-29)14-28-22(30)18-12-19(25)20(26)13-21(18)32-2/h3-7,12-13,15-16,23H,8-11,14,26H2,1-2H3,(H2,27,31)(H,28,30). The zero-order chi connectivity index (χ0) is 24.7. The van der Waals surface area contributed by atoms with E-state index in [4.69, 9.17) is 37.3 Å². The van der Waals surface area contributed by atoms with E-state index in [1.54, 1.807) is 6.92 Å². The molecule has 5 N–H and O–H groups in total. The summed E-state index contributed by atoms with van der Waals surface area (Å²) >= 11 is 6.08. The highest BCUT2D eigenvalue weighted by atomic mass is 35.5. The van der Waals surface area contributed by atoms with Gasteiger partial charge in [0.05, 0.1) is 23.4 Å². The molecule has 1 aliphatic heterocycles. The Bertz CT molecular complexity index is 983. The number of rotatable bonds is 9. The van der Waals surface area contributed by atoms with Crippen LogP contribution in [0.4, 0.5) is 10.5 Å². The van der Waals surface area contributed by atoms with Crippen LogP contribution in [0, 0.1) is 5.92 Å². The highest BCUT2D eigenvalue weighted by molar-refractivity contribution is 6.33. The average Bonchev–Trinajstić information content (AvgIpc) is 2.83. The highest BCUT2D eigenvalue weighted by Crippen LogP contribution is 2.29. The molecule has 10 heteroatoms. The number of methoxy groups -OCH3 is 1. The van der Waals surface area contributed by atoms with Gasteiger partial charge in [-0.05, 0) is 43.9 Å². The smallest absolute Gasteiger partial charge is 0.404 e. The Kier molecular flexibility index (Phi) is 8.84. The zero-order valence-corrected chi connectivity index (χ0v) is 20.1. The number of piperidine rings is 1. The molecule has 0 radical (unpaired) electrons. The third-order valence-corrected chi connectivity index (χ3v) is 6.15. The summed E-state index contributed by atoms with van der Waals surface area (Å²) in [5.41, 5.74) is 11.7. The van der Waals surface area contributed by atoms with Crippen molar-refractivity contribution in [3.05, 3.63) is 53.1 Å². The van der Waals surface area contributed by atoms with Gasteiger partial charge in [0.1, 0.15) is 11.5 Å². The number of nitrogen functional groups attached to an aromatic ring is 1. The van der Waals surface area contributed by atoms with Crippen molar-refractivity contribution < 1.29 is 23.8 Å². The number of amides is 2. The zero-order valence-electron chi connectivity index (χ0n) is 19.3. The van der Waals surface area contributed by atoms with Gasteiger partial charge < -0.3 is 31.0 Å². The molecule has 0 aromatic heterocycles. The predicted molar refractivity (Wildman–Crippen MR) is 130 cm³/mol. The van der Waals surface area contributed by atoms with Crippen LogP contribution in [-0.4, -0.2) is 56.0 Å². The van der Waals surface area contributed by atoms with Crippen molar-refractivity contribution in [1.82, 2.24) is 10.2 Å². The molecule has 0 saturated carbocycles. The summed E-state index contributed by atoms with van der Waals surface area (Å²) in [6.07, 6.45) is -0.219. The van der Waals surface area contributed by atoms with E-state index in [-0.39, 0.29) is 11.8 Å². The summed E-state index contributed by atoms with van der Waals surface area (Å²) in [5.74, 6) is 1.06. The number of nitrogens with one attached hydrogen (secondary N) is 1. The van der Waals surface area contributed by atoms with Crippen LogP contribution in [0.25, 0.3) is 0 Å². The molecule has 0 bridgehead atoms. The second-order valence-electron chi connectivity index (χ2n) is 8.23. The van der Waals surface area contributed by atoms with Gasteiger partial charge in [-0.15, -0.1) is 0 Å². The van der Waals surface area contributed by atoms with Crippen molar-refractivity contribution in [3.8, 4) is 11.5 Å². The molecule has 0 spiro atoms. The Morgan fingerprint density at radius 2 is 1.88 bits per heavy atom. The van der Waals surface area contributed by atoms with E-state index in [9.17, 15) is 9.59 Å². The average molecular weight is 491 g/mol. The lowest BCUT2D eigenvalue weighted by Crippen LogP contribution is -2.52. The van der Waals surface area contributed by atoms with Crippen LogP contribution in [0.5, 0.6) is 11.5 Å². The van der Waals surface area contributed by atoms with Crippen LogP contribution in [0.1, 0.15) is 30.1 Å². The fraction of sp³-hybridized carbons (Fsp3) is 0.417. The maximum Gasteiger partial charge on any atom is 0.404 e. The SMILES string of the molecule is COc1cc(N)c(Cl)cc1C(=O)NCC1CCN(C(Oc2ccccc2)C(C)OC(N)=O)CC1. The normalized spacial score (nSPS) is 16.3. The molecule has 2 aromatic rings. The molecule has 1 heterocycles. The quantitative estimate of drug-likeness (QED) is 0.460. The van der Waals surface area contributed by atoms with Gasteiger partial charge in [0.15, 0.2) is 12.3 Å². The minimum absolute atomic E-state index is 0.269. The lowest BCUT2D eigenvalue weighted by atomic mass is 9.96. The number of carbonyl (C=O) groups excluding carboxylic acids is 2. The van der Waals surface area contributed by atoms with Gasteiger partial charge in [0.2, 0.25) is 0 Å². The topological polar surface area (TPSA) is 129 Å². The van der Waals surface area contributed by atoms with Gasteiger partial charge in [-0.2, -0.15) is 0 Å². The number of ether oxygens (including phenoxy) is 3. The number of benzene rings is 2. The van der Waals surface area contributed by atoms with Gasteiger partial charge in [0, 0.05) is 25.7 Å². The molecule has 2 atom stereocenters. The number of likely N-dealkylation sites (tertiary alicyclic amines) is 1. The van der Waals surface area contributed by atoms with Crippen LogP contribution in [0.15, 0.2) is 42.5 Å². The molecule has 2 amide bonds. The first-order valence-electron chi connectivity index (χ1n) is 11.1. The van der Waals surface area contributed by atoms with Crippen molar-refractivity contribution in [1.29, 1.82) is 0 Å². The van der Waals surface area contributed by atoms with E-state index < -0.39 is 18.4 Å². The third kappa shape index (κ3) is 6.68. The summed E-state index contributed by atoms with van der Waals surface area (Å²) in [6.45, 7) is 3.69. The molecule has 1 aliphatic rings. The number of carbonyl (C=O) groups is 2. The Morgan fingerprint density at radius 3 is 2.50 bits per heavy atom. The maximum absolute atomic E-state index is 12.7. The molecular weight excluding hydrogens is 460 g/mol. The summed E-state index contributed by atoms with van der Waals surface area (Å²) < 4.78 is 16.6. The van der Waals surface area contributed by atoms with E-state index in [0.717, 1.165) is 12.8 Å². The van der Waals surface area contributed by atoms with Crippen LogP contribution in [-0.2, 0) is 4.74 Å². The van der Waals surface area contributed by atoms with Crippen molar-refractivity contribution in [2.75, 3.05) is 32.5 Å². The fourth-order valence-corrected chi connectivity index (χ4v) is 4.17. The van der Waals surface area contributed by atoms with Crippen molar-refractivity contribution in [3.63, 3.8) is 0 Å². The summed E-state index contributed by atoms with van der Waals surface area (Å²) in [7, 11) is 1.48. The molecule has 0 aliphatic carbocycles. The monoisotopic (exact) mass is 490 g/mol. The number of nitrogens with two attached hydrogens (primary N) is 2. The van der Waals surface area contributed by atoms with E-state index >= 15 is 0 Å². The second-order valence-corrected chi connectivity index (χ2v) is 8.63. The number of hydrogen-bond acceptors (Lipinski definition) is 7. The van der Waals surface area contributed by atoms with E-state index in [1.807, 2.05) is 30.3 Å². The summed E-state index contributed by atoms with van der Waals surface area (Å²) in [6, 6.07) is 12.4. The third-order valence-electron chi connectivity index (χ3n) is 5.83. The lowest BCUT2D eigenvalue weighted by Gasteiger charge is -2.39. The Balaban J connectivity index is 1.58. The summed E-state index contributed by atoms with van der Waals surface area (Å²) in [5, 5.41) is 3.27. The Morgan fingerprint density at radius 1 is 1.21 bits per heavy atom. The van der Waals surface area contributed by atoms with Crippen LogP contribution < -0.4 is 26.3 Å².